The maximum atomic E-state index is 12.9. The molecule has 0 bridgehead atoms. The lowest BCUT2D eigenvalue weighted by Crippen LogP contribution is -2.38. The van der Waals surface area contributed by atoms with Crippen molar-refractivity contribution in [3.8, 4) is 0 Å². The molecular formula is C16H25F2N7. The van der Waals surface area contributed by atoms with E-state index in [9.17, 15) is 8.78 Å². The molecule has 0 unspecified atom stereocenters. The average Bonchev–Trinajstić information content (AvgIpc) is 3.14. The summed E-state index contributed by atoms with van der Waals surface area (Å²) < 4.78 is 28.4. The Morgan fingerprint density at radius 2 is 2.12 bits per heavy atom. The van der Waals surface area contributed by atoms with Gasteiger partial charge >= 0.3 is 6.55 Å². The van der Waals surface area contributed by atoms with Crippen molar-refractivity contribution in [1.82, 2.24) is 29.5 Å². The second-order valence-corrected chi connectivity index (χ2v) is 6.15. The minimum absolute atomic E-state index is 0.165. The van der Waals surface area contributed by atoms with Crippen LogP contribution in [0.25, 0.3) is 0 Å². The van der Waals surface area contributed by atoms with Gasteiger partial charge in [-0.05, 0) is 5.92 Å². The second kappa shape index (κ2) is 8.09. The summed E-state index contributed by atoms with van der Waals surface area (Å²) in [7, 11) is 5.45. The summed E-state index contributed by atoms with van der Waals surface area (Å²) in [5.74, 6) is 1.18. The van der Waals surface area contributed by atoms with E-state index in [-0.39, 0.29) is 12.4 Å². The molecule has 0 atom stereocenters. The molecule has 1 N–H and O–H groups in total. The number of hydrogen-bond donors (Lipinski definition) is 1. The Kier molecular flexibility index (Phi) is 6.11. The molecule has 0 amide bonds. The third kappa shape index (κ3) is 4.55. The Morgan fingerprint density at radius 3 is 2.72 bits per heavy atom. The molecule has 2 aromatic rings. The van der Waals surface area contributed by atoms with E-state index in [1.165, 1.54) is 12.4 Å². The zero-order valence-electron chi connectivity index (χ0n) is 15.2. The van der Waals surface area contributed by atoms with Gasteiger partial charge in [-0.15, -0.1) is 0 Å². The van der Waals surface area contributed by atoms with Crippen molar-refractivity contribution < 1.29 is 8.78 Å². The molecule has 0 saturated heterocycles. The molecule has 0 aliphatic heterocycles. The Bertz CT molecular complexity index is 718. The molecule has 0 spiro atoms. The first-order chi connectivity index (χ1) is 11.8. The normalized spacial score (nSPS) is 12.3. The van der Waals surface area contributed by atoms with E-state index in [1.54, 1.807) is 11.7 Å². The van der Waals surface area contributed by atoms with Gasteiger partial charge in [0, 0.05) is 51.8 Å². The first-order valence-corrected chi connectivity index (χ1v) is 8.07. The highest BCUT2D eigenvalue weighted by molar-refractivity contribution is 5.79. The predicted molar refractivity (Wildman–Crippen MR) is 92.4 cm³/mol. The summed E-state index contributed by atoms with van der Waals surface area (Å²) in [5.41, 5.74) is 2.15. The van der Waals surface area contributed by atoms with E-state index in [2.05, 4.69) is 34.2 Å². The molecule has 2 heterocycles. The third-order valence-corrected chi connectivity index (χ3v) is 3.83. The van der Waals surface area contributed by atoms with Crippen molar-refractivity contribution in [3.05, 3.63) is 35.7 Å². The minimum atomic E-state index is -2.61. The zero-order valence-corrected chi connectivity index (χ0v) is 15.2. The number of rotatable bonds is 6. The van der Waals surface area contributed by atoms with E-state index in [0.29, 0.717) is 18.4 Å². The fraction of sp³-hybridized carbons (Fsp3) is 0.562. The fourth-order valence-electron chi connectivity index (χ4n) is 2.69. The molecule has 7 nitrogen and oxygen atoms in total. The Balaban J connectivity index is 2.04. The van der Waals surface area contributed by atoms with Crippen LogP contribution in [-0.2, 0) is 20.1 Å². The molecule has 2 rings (SSSR count). The van der Waals surface area contributed by atoms with Gasteiger partial charge in [0.25, 0.3) is 0 Å². The molecule has 0 aliphatic carbocycles. The number of nitrogens with one attached hydrogen (secondary N) is 1. The van der Waals surface area contributed by atoms with Crippen LogP contribution in [0.1, 0.15) is 43.4 Å². The molecule has 138 valence electrons. The van der Waals surface area contributed by atoms with Gasteiger partial charge in [0.1, 0.15) is 5.82 Å². The van der Waals surface area contributed by atoms with Gasteiger partial charge in [-0.3, -0.25) is 14.2 Å². The number of imidazole rings is 1. The van der Waals surface area contributed by atoms with Crippen LogP contribution in [0, 0.1) is 0 Å². The first-order valence-electron chi connectivity index (χ1n) is 8.07. The molecular weight excluding hydrogens is 328 g/mol. The number of guanidine groups is 1. The summed E-state index contributed by atoms with van der Waals surface area (Å²) in [4.78, 5) is 10.1. The Labute approximate surface area is 146 Å². The number of hydrogen-bond acceptors (Lipinski definition) is 3. The van der Waals surface area contributed by atoms with Crippen LogP contribution < -0.4 is 5.32 Å². The van der Waals surface area contributed by atoms with Gasteiger partial charge in [0.05, 0.1) is 12.2 Å². The number of aliphatic imine (C=N–C) groups is 1. The van der Waals surface area contributed by atoms with Crippen molar-refractivity contribution >= 4 is 5.96 Å². The lowest BCUT2D eigenvalue weighted by Gasteiger charge is -2.22. The average molecular weight is 353 g/mol. The van der Waals surface area contributed by atoms with Gasteiger partial charge in [0.2, 0.25) is 0 Å². The van der Waals surface area contributed by atoms with Crippen LogP contribution in [0.5, 0.6) is 0 Å². The van der Waals surface area contributed by atoms with Gasteiger partial charge in [-0.2, -0.15) is 13.9 Å². The topological polar surface area (TPSA) is 63.3 Å². The van der Waals surface area contributed by atoms with Crippen molar-refractivity contribution in [3.63, 3.8) is 0 Å². The molecule has 0 aromatic carbocycles. The molecule has 0 aliphatic rings. The summed E-state index contributed by atoms with van der Waals surface area (Å²) in [5, 5.41) is 7.57. The summed E-state index contributed by atoms with van der Waals surface area (Å²) >= 11 is 0. The molecule has 25 heavy (non-hydrogen) atoms. The van der Waals surface area contributed by atoms with Crippen LogP contribution in [0.15, 0.2) is 23.6 Å². The van der Waals surface area contributed by atoms with Crippen LogP contribution in [0.3, 0.4) is 0 Å². The first kappa shape index (κ1) is 18.9. The monoisotopic (exact) mass is 353 g/mol. The number of halogens is 2. The van der Waals surface area contributed by atoms with Crippen molar-refractivity contribution in [1.29, 1.82) is 0 Å². The largest absolute Gasteiger partial charge is 0.349 e. The smallest absolute Gasteiger partial charge is 0.319 e. The van der Waals surface area contributed by atoms with Crippen molar-refractivity contribution in [2.24, 2.45) is 12.0 Å². The van der Waals surface area contributed by atoms with Crippen LogP contribution in [-0.4, -0.2) is 44.3 Å². The van der Waals surface area contributed by atoms with Crippen molar-refractivity contribution in [2.45, 2.75) is 39.4 Å². The van der Waals surface area contributed by atoms with Crippen LogP contribution >= 0.6 is 0 Å². The van der Waals surface area contributed by atoms with Gasteiger partial charge in [-0.1, -0.05) is 13.8 Å². The lowest BCUT2D eigenvalue weighted by molar-refractivity contribution is 0.0668. The fourth-order valence-corrected chi connectivity index (χ4v) is 2.69. The Morgan fingerprint density at radius 1 is 1.40 bits per heavy atom. The third-order valence-electron chi connectivity index (χ3n) is 3.83. The summed E-state index contributed by atoms with van der Waals surface area (Å²) in [6, 6.07) is 0. The lowest BCUT2D eigenvalue weighted by atomic mass is 10.1. The second-order valence-electron chi connectivity index (χ2n) is 6.15. The SMILES string of the molecule is CN=C(NCc1nccn1C(F)F)N(C)Cc1cn(C)nc1C(C)C. The van der Waals surface area contributed by atoms with E-state index >= 15 is 0 Å². The summed E-state index contributed by atoms with van der Waals surface area (Å²) in [6.45, 7) is 2.37. The van der Waals surface area contributed by atoms with Gasteiger partial charge in [0.15, 0.2) is 5.96 Å². The highest BCUT2D eigenvalue weighted by Crippen LogP contribution is 2.18. The van der Waals surface area contributed by atoms with Crippen molar-refractivity contribution in [2.75, 3.05) is 14.1 Å². The minimum Gasteiger partial charge on any atom is -0.349 e. The van der Waals surface area contributed by atoms with Crippen LogP contribution in [0.2, 0.25) is 0 Å². The maximum absolute atomic E-state index is 12.9. The Hall–Kier alpha value is -2.45. The maximum Gasteiger partial charge on any atom is 0.319 e. The molecule has 2 aromatic heterocycles. The predicted octanol–water partition coefficient (Wildman–Crippen LogP) is 2.34. The van der Waals surface area contributed by atoms with Gasteiger partial charge in [-0.25, -0.2) is 4.98 Å². The number of nitrogens with zero attached hydrogens (tertiary/aromatic N) is 6. The van der Waals surface area contributed by atoms with E-state index in [1.807, 2.05) is 25.2 Å². The number of alkyl halides is 2. The number of aryl methyl sites for hydroxylation is 1. The van der Waals surface area contributed by atoms with E-state index in [4.69, 9.17) is 0 Å². The van der Waals surface area contributed by atoms with Crippen LogP contribution in [0.4, 0.5) is 8.78 Å². The number of aromatic nitrogens is 4. The molecule has 9 heteroatoms. The van der Waals surface area contributed by atoms with E-state index < -0.39 is 6.55 Å². The quantitative estimate of drug-likeness (QED) is 0.640. The van der Waals surface area contributed by atoms with Gasteiger partial charge < -0.3 is 10.2 Å². The van der Waals surface area contributed by atoms with E-state index in [0.717, 1.165) is 15.8 Å². The molecule has 0 radical (unpaired) electrons. The summed E-state index contributed by atoms with van der Waals surface area (Å²) in [6.07, 6.45) is 4.61. The highest BCUT2D eigenvalue weighted by atomic mass is 19.3. The highest BCUT2D eigenvalue weighted by Gasteiger charge is 2.16. The standard InChI is InChI=1S/C16H25F2N7/c1-11(2)14-12(10-24(5)22-14)9-23(4)16(19-3)21-8-13-20-6-7-25(13)15(17)18/h6-7,10-11,15H,8-9H2,1-5H3,(H,19,21). The zero-order chi connectivity index (χ0) is 18.6. The molecule has 0 saturated carbocycles. The molecule has 0 fully saturated rings.